The largest absolute Gasteiger partial charge is 0.368 e. The number of aromatic nitrogens is 4. The third-order valence-corrected chi connectivity index (χ3v) is 2.76. The van der Waals surface area contributed by atoms with E-state index >= 15 is 0 Å². The summed E-state index contributed by atoms with van der Waals surface area (Å²) in [6.07, 6.45) is 4.89. The smallest absolute Gasteiger partial charge is 0.221 e. The van der Waals surface area contributed by atoms with Crippen molar-refractivity contribution in [2.45, 2.75) is 17.0 Å². The highest BCUT2D eigenvalue weighted by atomic mass is 32.2. The van der Waals surface area contributed by atoms with E-state index in [0.717, 1.165) is 15.6 Å². The first-order chi connectivity index (χ1) is 7.25. The standard InChI is InChI=1S/C9H9N5S/c1-6-4-12-9(10)14-8(6)15-7-2-3-11-5-13-7/h2-5H,1H3,(H2,10,12,14). The van der Waals surface area contributed by atoms with Gasteiger partial charge >= 0.3 is 0 Å². The summed E-state index contributed by atoms with van der Waals surface area (Å²) in [5.74, 6) is 0.275. The summed E-state index contributed by atoms with van der Waals surface area (Å²) in [6, 6.07) is 1.82. The monoisotopic (exact) mass is 219 g/mol. The maximum absolute atomic E-state index is 5.51. The van der Waals surface area contributed by atoms with Crippen molar-refractivity contribution in [3.8, 4) is 0 Å². The zero-order chi connectivity index (χ0) is 10.7. The first-order valence-electron chi connectivity index (χ1n) is 4.28. The fraction of sp³-hybridized carbons (Fsp3) is 0.111. The van der Waals surface area contributed by atoms with Gasteiger partial charge in [-0.25, -0.2) is 19.9 Å². The average molecular weight is 219 g/mol. The number of nitrogens with zero attached hydrogens (tertiary/aromatic N) is 4. The summed E-state index contributed by atoms with van der Waals surface area (Å²) in [5.41, 5.74) is 6.49. The Bertz CT molecular complexity index is 459. The van der Waals surface area contributed by atoms with Crippen molar-refractivity contribution < 1.29 is 0 Å². The van der Waals surface area contributed by atoms with Crippen molar-refractivity contribution >= 4 is 17.7 Å². The maximum Gasteiger partial charge on any atom is 0.221 e. The summed E-state index contributed by atoms with van der Waals surface area (Å²) in [5, 5.41) is 1.66. The molecule has 2 heterocycles. The van der Waals surface area contributed by atoms with E-state index < -0.39 is 0 Å². The van der Waals surface area contributed by atoms with Crippen LogP contribution in [0.15, 0.2) is 34.8 Å². The highest BCUT2D eigenvalue weighted by Crippen LogP contribution is 2.26. The number of hydrogen-bond acceptors (Lipinski definition) is 6. The van der Waals surface area contributed by atoms with Crippen LogP contribution >= 0.6 is 11.8 Å². The van der Waals surface area contributed by atoms with Crippen molar-refractivity contribution in [3.63, 3.8) is 0 Å². The van der Waals surface area contributed by atoms with Gasteiger partial charge in [0.2, 0.25) is 5.95 Å². The van der Waals surface area contributed by atoms with Gasteiger partial charge in [0, 0.05) is 18.0 Å². The van der Waals surface area contributed by atoms with E-state index in [4.69, 9.17) is 5.73 Å². The van der Waals surface area contributed by atoms with Crippen LogP contribution in [0.3, 0.4) is 0 Å². The number of nitrogen functional groups attached to an aromatic ring is 1. The summed E-state index contributed by atoms with van der Waals surface area (Å²) in [4.78, 5) is 16.0. The molecule has 0 aliphatic heterocycles. The molecule has 0 aliphatic carbocycles. The number of anilines is 1. The van der Waals surface area contributed by atoms with Gasteiger partial charge in [-0.15, -0.1) is 0 Å². The molecule has 0 spiro atoms. The second-order valence-electron chi connectivity index (χ2n) is 2.87. The lowest BCUT2D eigenvalue weighted by Gasteiger charge is -2.03. The third kappa shape index (κ3) is 2.41. The van der Waals surface area contributed by atoms with Gasteiger partial charge in [0.15, 0.2) is 0 Å². The van der Waals surface area contributed by atoms with Gasteiger partial charge in [0.1, 0.15) is 16.4 Å². The summed E-state index contributed by atoms with van der Waals surface area (Å²) in [7, 11) is 0. The summed E-state index contributed by atoms with van der Waals surface area (Å²) >= 11 is 1.45. The number of aryl methyl sites for hydroxylation is 1. The van der Waals surface area contributed by atoms with Crippen LogP contribution in [0.4, 0.5) is 5.95 Å². The molecule has 0 aromatic carbocycles. The van der Waals surface area contributed by atoms with Gasteiger partial charge in [0.25, 0.3) is 0 Å². The highest BCUT2D eigenvalue weighted by molar-refractivity contribution is 7.99. The lowest BCUT2D eigenvalue weighted by Crippen LogP contribution is -1.97. The predicted octanol–water partition coefficient (Wildman–Crippen LogP) is 1.31. The molecule has 76 valence electrons. The first-order valence-corrected chi connectivity index (χ1v) is 5.10. The summed E-state index contributed by atoms with van der Waals surface area (Å²) in [6.45, 7) is 1.93. The minimum Gasteiger partial charge on any atom is -0.368 e. The van der Waals surface area contributed by atoms with E-state index in [2.05, 4.69) is 19.9 Å². The van der Waals surface area contributed by atoms with Gasteiger partial charge in [-0.3, -0.25) is 0 Å². The van der Waals surface area contributed by atoms with Crippen LogP contribution < -0.4 is 5.73 Å². The Labute approximate surface area is 91.2 Å². The minimum absolute atomic E-state index is 0.275. The minimum atomic E-state index is 0.275. The van der Waals surface area contributed by atoms with Gasteiger partial charge < -0.3 is 5.73 Å². The van der Waals surface area contributed by atoms with E-state index in [0.29, 0.717) is 0 Å². The normalized spacial score (nSPS) is 10.2. The average Bonchev–Trinajstić information content (AvgIpc) is 2.25. The van der Waals surface area contributed by atoms with Crippen LogP contribution in [0.25, 0.3) is 0 Å². The van der Waals surface area contributed by atoms with E-state index in [1.807, 2.05) is 13.0 Å². The van der Waals surface area contributed by atoms with Crippen molar-refractivity contribution in [2.75, 3.05) is 5.73 Å². The van der Waals surface area contributed by atoms with Crippen LogP contribution in [0.1, 0.15) is 5.56 Å². The van der Waals surface area contributed by atoms with Gasteiger partial charge in [-0.05, 0) is 24.8 Å². The van der Waals surface area contributed by atoms with Crippen LogP contribution in [-0.4, -0.2) is 19.9 Å². The van der Waals surface area contributed by atoms with Gasteiger partial charge in [0.05, 0.1) is 0 Å². The van der Waals surface area contributed by atoms with E-state index in [1.165, 1.54) is 18.1 Å². The molecule has 2 N–H and O–H groups in total. The number of rotatable bonds is 2. The van der Waals surface area contributed by atoms with Crippen LogP contribution in [-0.2, 0) is 0 Å². The van der Waals surface area contributed by atoms with Gasteiger partial charge in [-0.2, -0.15) is 0 Å². The van der Waals surface area contributed by atoms with E-state index in [-0.39, 0.29) is 5.95 Å². The van der Waals surface area contributed by atoms with Crippen molar-refractivity contribution in [1.82, 2.24) is 19.9 Å². The fourth-order valence-corrected chi connectivity index (χ4v) is 1.76. The van der Waals surface area contributed by atoms with Crippen molar-refractivity contribution in [3.05, 3.63) is 30.4 Å². The Morgan fingerprint density at radius 2 is 2.20 bits per heavy atom. The highest BCUT2D eigenvalue weighted by Gasteiger charge is 2.04. The van der Waals surface area contributed by atoms with E-state index in [1.54, 1.807) is 12.4 Å². The molecule has 5 nitrogen and oxygen atoms in total. The van der Waals surface area contributed by atoms with Crippen molar-refractivity contribution in [2.24, 2.45) is 0 Å². The second kappa shape index (κ2) is 4.22. The molecule has 2 aromatic rings. The van der Waals surface area contributed by atoms with Crippen LogP contribution in [0.5, 0.6) is 0 Å². The third-order valence-electron chi connectivity index (χ3n) is 1.70. The van der Waals surface area contributed by atoms with Crippen LogP contribution in [0, 0.1) is 6.92 Å². The van der Waals surface area contributed by atoms with E-state index in [9.17, 15) is 0 Å². The maximum atomic E-state index is 5.51. The Hall–Kier alpha value is -1.69. The van der Waals surface area contributed by atoms with Crippen molar-refractivity contribution in [1.29, 1.82) is 0 Å². The Balaban J connectivity index is 2.28. The lowest BCUT2D eigenvalue weighted by atomic mass is 10.4. The topological polar surface area (TPSA) is 77.6 Å². The molecular formula is C9H9N5S. The summed E-state index contributed by atoms with van der Waals surface area (Å²) < 4.78 is 0. The molecule has 6 heteroatoms. The molecule has 0 atom stereocenters. The molecule has 0 radical (unpaired) electrons. The molecule has 2 rings (SSSR count). The SMILES string of the molecule is Cc1cnc(N)nc1Sc1ccncn1. The molecule has 0 unspecified atom stereocenters. The van der Waals surface area contributed by atoms with Gasteiger partial charge in [-0.1, -0.05) is 0 Å². The Kier molecular flexibility index (Phi) is 2.77. The molecule has 0 amide bonds. The molecule has 0 bridgehead atoms. The molecule has 0 fully saturated rings. The molecule has 2 aromatic heterocycles. The lowest BCUT2D eigenvalue weighted by molar-refractivity contribution is 1.00. The number of nitrogens with two attached hydrogens (primary N) is 1. The zero-order valence-corrected chi connectivity index (χ0v) is 8.90. The molecule has 0 saturated heterocycles. The Morgan fingerprint density at radius 3 is 2.93 bits per heavy atom. The fourth-order valence-electron chi connectivity index (χ4n) is 0.981. The molecule has 0 saturated carbocycles. The predicted molar refractivity (Wildman–Crippen MR) is 57.3 cm³/mol. The molecule has 15 heavy (non-hydrogen) atoms. The first kappa shape index (κ1) is 9.85. The number of hydrogen-bond donors (Lipinski definition) is 1. The molecule has 0 aliphatic rings. The zero-order valence-electron chi connectivity index (χ0n) is 8.08. The Morgan fingerprint density at radius 1 is 1.33 bits per heavy atom. The van der Waals surface area contributed by atoms with Crippen LogP contribution in [0.2, 0.25) is 0 Å². The second-order valence-corrected chi connectivity index (χ2v) is 3.88. The molecular weight excluding hydrogens is 210 g/mol. The quantitative estimate of drug-likeness (QED) is 0.767.